The second-order valence-electron chi connectivity index (χ2n) is 6.04. The molecule has 0 bridgehead atoms. The standard InChI is InChI=1S/C18H19NO3/c1-12-8-9-19(16(10-12)18(21)22)17(20)15-7-6-13-4-2-3-5-14(13)11-15/h2-7,11-12,16H,8-10H2,1H3,(H,21,22). The molecule has 2 atom stereocenters. The zero-order valence-electron chi connectivity index (χ0n) is 12.5. The normalized spacial score (nSPS) is 21.8. The molecule has 2 aromatic carbocycles. The Bertz CT molecular complexity index is 725. The van der Waals surface area contributed by atoms with Crippen molar-refractivity contribution < 1.29 is 14.7 Å². The summed E-state index contributed by atoms with van der Waals surface area (Å²) in [6, 6.07) is 12.6. The highest BCUT2D eigenvalue weighted by atomic mass is 16.4. The van der Waals surface area contributed by atoms with Gasteiger partial charge in [-0.2, -0.15) is 0 Å². The zero-order chi connectivity index (χ0) is 15.7. The minimum atomic E-state index is -0.916. The third kappa shape index (κ3) is 2.69. The van der Waals surface area contributed by atoms with Crippen LogP contribution in [-0.2, 0) is 4.79 Å². The number of fused-ring (bicyclic) bond motifs is 1. The van der Waals surface area contributed by atoms with Gasteiger partial charge in [0.1, 0.15) is 6.04 Å². The Morgan fingerprint density at radius 1 is 1.14 bits per heavy atom. The van der Waals surface area contributed by atoms with Crippen molar-refractivity contribution in [3.8, 4) is 0 Å². The molecule has 3 rings (SSSR count). The topological polar surface area (TPSA) is 57.6 Å². The number of benzene rings is 2. The molecule has 1 aliphatic heterocycles. The molecular formula is C18H19NO3. The van der Waals surface area contributed by atoms with E-state index in [9.17, 15) is 14.7 Å². The van der Waals surface area contributed by atoms with E-state index in [1.54, 1.807) is 6.07 Å². The molecule has 1 N–H and O–H groups in total. The number of aliphatic carboxylic acids is 1. The summed E-state index contributed by atoms with van der Waals surface area (Å²) in [5, 5.41) is 11.5. The summed E-state index contributed by atoms with van der Waals surface area (Å²) in [6.45, 7) is 2.54. The maximum absolute atomic E-state index is 12.7. The van der Waals surface area contributed by atoms with E-state index in [4.69, 9.17) is 0 Å². The van der Waals surface area contributed by atoms with E-state index in [-0.39, 0.29) is 5.91 Å². The Kier molecular flexibility index (Phi) is 3.84. The molecule has 2 unspecified atom stereocenters. The van der Waals surface area contributed by atoms with Crippen molar-refractivity contribution in [2.75, 3.05) is 6.54 Å². The minimum absolute atomic E-state index is 0.190. The molecule has 1 fully saturated rings. The number of hydrogen-bond acceptors (Lipinski definition) is 2. The Morgan fingerprint density at radius 2 is 1.86 bits per heavy atom. The number of carbonyl (C=O) groups excluding carboxylic acids is 1. The number of carboxylic acids is 1. The molecule has 2 aromatic rings. The first kappa shape index (κ1) is 14.6. The first-order valence-corrected chi connectivity index (χ1v) is 7.59. The molecule has 4 nitrogen and oxygen atoms in total. The van der Waals surface area contributed by atoms with E-state index in [1.807, 2.05) is 43.3 Å². The molecular weight excluding hydrogens is 278 g/mol. The highest BCUT2D eigenvalue weighted by molar-refractivity contribution is 6.00. The Labute approximate surface area is 129 Å². The van der Waals surface area contributed by atoms with E-state index in [0.717, 1.165) is 17.2 Å². The van der Waals surface area contributed by atoms with Crippen LogP contribution in [0.15, 0.2) is 42.5 Å². The van der Waals surface area contributed by atoms with Crippen molar-refractivity contribution in [1.82, 2.24) is 4.90 Å². The predicted molar refractivity (Wildman–Crippen MR) is 84.8 cm³/mol. The van der Waals surface area contributed by atoms with Gasteiger partial charge in [-0.15, -0.1) is 0 Å². The number of carboxylic acid groups (broad SMARTS) is 1. The monoisotopic (exact) mass is 297 g/mol. The summed E-state index contributed by atoms with van der Waals surface area (Å²) < 4.78 is 0. The maximum Gasteiger partial charge on any atom is 0.326 e. The Hall–Kier alpha value is -2.36. The third-order valence-corrected chi connectivity index (χ3v) is 4.41. The van der Waals surface area contributed by atoms with Crippen LogP contribution in [0.25, 0.3) is 10.8 Å². The highest BCUT2D eigenvalue weighted by Crippen LogP contribution is 2.25. The molecule has 4 heteroatoms. The molecule has 0 spiro atoms. The SMILES string of the molecule is CC1CCN(C(=O)c2ccc3ccccc3c2)C(C(=O)O)C1. The lowest BCUT2D eigenvalue weighted by atomic mass is 9.91. The maximum atomic E-state index is 12.7. The summed E-state index contributed by atoms with van der Waals surface area (Å²) in [5.41, 5.74) is 0.555. The number of likely N-dealkylation sites (tertiary alicyclic amines) is 1. The number of nitrogens with zero attached hydrogens (tertiary/aromatic N) is 1. The fourth-order valence-electron chi connectivity index (χ4n) is 3.11. The largest absolute Gasteiger partial charge is 0.480 e. The molecule has 1 heterocycles. The van der Waals surface area contributed by atoms with Crippen molar-refractivity contribution >= 4 is 22.6 Å². The summed E-state index contributed by atoms with van der Waals surface area (Å²) in [6.07, 6.45) is 1.37. The molecule has 114 valence electrons. The quantitative estimate of drug-likeness (QED) is 0.926. The zero-order valence-corrected chi connectivity index (χ0v) is 12.5. The number of carbonyl (C=O) groups is 2. The molecule has 0 aliphatic carbocycles. The summed E-state index contributed by atoms with van der Waals surface area (Å²) >= 11 is 0. The van der Waals surface area contributed by atoms with Crippen LogP contribution in [0.4, 0.5) is 0 Å². The van der Waals surface area contributed by atoms with Gasteiger partial charge in [0.2, 0.25) is 0 Å². The van der Waals surface area contributed by atoms with Crippen molar-refractivity contribution in [2.24, 2.45) is 5.92 Å². The van der Waals surface area contributed by atoms with Gasteiger partial charge in [-0.3, -0.25) is 4.79 Å². The summed E-state index contributed by atoms with van der Waals surface area (Å²) in [5.74, 6) is -0.771. The van der Waals surface area contributed by atoms with Crippen LogP contribution in [0.2, 0.25) is 0 Å². The van der Waals surface area contributed by atoms with Crippen molar-refractivity contribution in [3.63, 3.8) is 0 Å². The van der Waals surface area contributed by atoms with E-state index >= 15 is 0 Å². The van der Waals surface area contributed by atoms with Gasteiger partial charge in [0.15, 0.2) is 0 Å². The molecule has 0 saturated carbocycles. The minimum Gasteiger partial charge on any atom is -0.480 e. The number of rotatable bonds is 2. The molecule has 0 radical (unpaired) electrons. The van der Waals surface area contributed by atoms with Crippen LogP contribution < -0.4 is 0 Å². The van der Waals surface area contributed by atoms with Gasteiger partial charge in [-0.1, -0.05) is 37.3 Å². The smallest absolute Gasteiger partial charge is 0.326 e. The van der Waals surface area contributed by atoms with Crippen LogP contribution in [0.3, 0.4) is 0 Å². The van der Waals surface area contributed by atoms with Crippen LogP contribution in [0.5, 0.6) is 0 Å². The summed E-state index contributed by atoms with van der Waals surface area (Å²) in [4.78, 5) is 25.7. The first-order valence-electron chi connectivity index (χ1n) is 7.59. The number of amides is 1. The molecule has 1 saturated heterocycles. The lowest BCUT2D eigenvalue weighted by Gasteiger charge is -2.36. The number of hydrogen-bond donors (Lipinski definition) is 1. The molecule has 0 aromatic heterocycles. The fourth-order valence-corrected chi connectivity index (χ4v) is 3.11. The van der Waals surface area contributed by atoms with E-state index in [1.165, 1.54) is 4.90 Å². The average molecular weight is 297 g/mol. The average Bonchev–Trinajstić information content (AvgIpc) is 2.53. The molecule has 22 heavy (non-hydrogen) atoms. The second kappa shape index (κ2) is 5.79. The second-order valence-corrected chi connectivity index (χ2v) is 6.04. The summed E-state index contributed by atoms with van der Waals surface area (Å²) in [7, 11) is 0. The lowest BCUT2D eigenvalue weighted by molar-refractivity contribution is -0.144. The van der Waals surface area contributed by atoms with E-state index < -0.39 is 12.0 Å². The van der Waals surface area contributed by atoms with Crippen LogP contribution >= 0.6 is 0 Å². The molecule has 1 aliphatic rings. The van der Waals surface area contributed by atoms with Crippen molar-refractivity contribution in [1.29, 1.82) is 0 Å². The van der Waals surface area contributed by atoms with Crippen LogP contribution in [0.1, 0.15) is 30.1 Å². The third-order valence-electron chi connectivity index (χ3n) is 4.41. The fraction of sp³-hybridized carbons (Fsp3) is 0.333. The first-order chi connectivity index (χ1) is 10.6. The van der Waals surface area contributed by atoms with Gasteiger partial charge in [-0.25, -0.2) is 4.79 Å². The Balaban J connectivity index is 1.92. The van der Waals surface area contributed by atoms with Gasteiger partial charge in [-0.05, 0) is 41.7 Å². The van der Waals surface area contributed by atoms with Gasteiger partial charge >= 0.3 is 5.97 Å². The van der Waals surface area contributed by atoms with Crippen molar-refractivity contribution in [3.05, 3.63) is 48.0 Å². The van der Waals surface area contributed by atoms with E-state index in [0.29, 0.717) is 24.4 Å². The van der Waals surface area contributed by atoms with Gasteiger partial charge < -0.3 is 10.0 Å². The highest BCUT2D eigenvalue weighted by Gasteiger charge is 2.35. The van der Waals surface area contributed by atoms with Gasteiger partial charge in [0.05, 0.1) is 0 Å². The van der Waals surface area contributed by atoms with Gasteiger partial charge in [0.25, 0.3) is 5.91 Å². The Morgan fingerprint density at radius 3 is 2.59 bits per heavy atom. The van der Waals surface area contributed by atoms with E-state index in [2.05, 4.69) is 0 Å². The van der Waals surface area contributed by atoms with Crippen molar-refractivity contribution in [2.45, 2.75) is 25.8 Å². The van der Waals surface area contributed by atoms with Gasteiger partial charge in [0, 0.05) is 12.1 Å². The lowest BCUT2D eigenvalue weighted by Crippen LogP contribution is -2.49. The number of piperidine rings is 1. The van der Waals surface area contributed by atoms with Crippen LogP contribution in [0, 0.1) is 5.92 Å². The molecule has 1 amide bonds. The van der Waals surface area contributed by atoms with Crippen LogP contribution in [-0.4, -0.2) is 34.5 Å². The predicted octanol–water partition coefficient (Wildman–Crippen LogP) is 3.17.